The van der Waals surface area contributed by atoms with Crippen LogP contribution in [-0.2, 0) is 0 Å². The highest BCUT2D eigenvalue weighted by molar-refractivity contribution is 5.60. The molecule has 1 rings (SSSR count). The average molecular weight is 222 g/mol. The number of rotatable bonds is 5. The number of nitrogens with one attached hydrogen (secondary N) is 1. The van der Waals surface area contributed by atoms with E-state index in [2.05, 4.69) is 10.3 Å². The van der Waals surface area contributed by atoms with Gasteiger partial charge < -0.3 is 11.1 Å². The van der Waals surface area contributed by atoms with E-state index in [0.717, 1.165) is 13.0 Å². The summed E-state index contributed by atoms with van der Waals surface area (Å²) in [6, 6.07) is 1.41. The lowest BCUT2D eigenvalue weighted by Crippen LogP contribution is -2.05. The zero-order chi connectivity index (χ0) is 12.0. The predicted octanol–water partition coefficient (Wildman–Crippen LogP) is 1.19. The van der Waals surface area contributed by atoms with Crippen LogP contribution in [0.15, 0.2) is 18.3 Å². The van der Waals surface area contributed by atoms with Crippen molar-refractivity contribution in [1.82, 2.24) is 10.3 Å². The van der Waals surface area contributed by atoms with Crippen molar-refractivity contribution < 1.29 is 4.92 Å². The first-order valence-corrected chi connectivity index (χ1v) is 4.86. The molecule has 3 N–H and O–H groups in total. The fourth-order valence-electron chi connectivity index (χ4n) is 1.16. The normalized spacial score (nSPS) is 10.8. The maximum Gasteiger partial charge on any atom is 0.311 e. The van der Waals surface area contributed by atoms with Gasteiger partial charge in [-0.3, -0.25) is 10.1 Å². The van der Waals surface area contributed by atoms with Crippen molar-refractivity contribution in [2.24, 2.45) is 0 Å². The maximum atomic E-state index is 10.6. The number of anilines is 1. The zero-order valence-corrected chi connectivity index (χ0v) is 9.01. The largest absolute Gasteiger partial charge is 0.378 e. The van der Waals surface area contributed by atoms with Gasteiger partial charge >= 0.3 is 5.69 Å². The summed E-state index contributed by atoms with van der Waals surface area (Å²) < 4.78 is 0. The lowest BCUT2D eigenvalue weighted by atomic mass is 10.2. The summed E-state index contributed by atoms with van der Waals surface area (Å²) >= 11 is 0. The molecule has 1 aromatic heterocycles. The molecule has 0 radical (unpaired) electrons. The maximum absolute atomic E-state index is 10.6. The fourth-order valence-corrected chi connectivity index (χ4v) is 1.16. The van der Waals surface area contributed by atoms with Gasteiger partial charge in [0.25, 0.3) is 0 Å². The minimum atomic E-state index is -0.534. The lowest BCUT2D eigenvalue weighted by molar-refractivity contribution is -0.384. The highest BCUT2D eigenvalue weighted by Gasteiger charge is 2.11. The number of nitrogens with two attached hydrogens (primary N) is 1. The van der Waals surface area contributed by atoms with Crippen LogP contribution in [0, 0.1) is 10.1 Å². The summed E-state index contributed by atoms with van der Waals surface area (Å²) in [6.45, 7) is 0.862. The topological polar surface area (TPSA) is 94.1 Å². The number of nitrogens with zero attached hydrogens (tertiary/aromatic N) is 2. The van der Waals surface area contributed by atoms with Crippen molar-refractivity contribution >= 4 is 17.6 Å². The third-order valence-electron chi connectivity index (χ3n) is 1.99. The van der Waals surface area contributed by atoms with Crippen LogP contribution in [0.2, 0.25) is 0 Å². The Labute approximate surface area is 93.3 Å². The highest BCUT2D eigenvalue weighted by atomic mass is 16.6. The molecule has 0 aliphatic heterocycles. The Balaban J connectivity index is 2.78. The zero-order valence-electron chi connectivity index (χ0n) is 9.01. The van der Waals surface area contributed by atoms with Crippen molar-refractivity contribution in [2.75, 3.05) is 19.3 Å². The molecule has 0 fully saturated rings. The molecular formula is C10H14N4O2. The van der Waals surface area contributed by atoms with Crippen molar-refractivity contribution in [3.8, 4) is 0 Å². The van der Waals surface area contributed by atoms with Crippen molar-refractivity contribution in [3.05, 3.63) is 34.0 Å². The number of nitro groups is 1. The number of pyridine rings is 1. The molecular weight excluding hydrogens is 208 g/mol. The average Bonchev–Trinajstić information content (AvgIpc) is 2.26. The van der Waals surface area contributed by atoms with E-state index in [0.29, 0.717) is 5.56 Å². The van der Waals surface area contributed by atoms with Gasteiger partial charge in [0.05, 0.1) is 4.92 Å². The van der Waals surface area contributed by atoms with Gasteiger partial charge in [0.1, 0.15) is 0 Å². The van der Waals surface area contributed by atoms with Gasteiger partial charge in [0, 0.05) is 12.3 Å². The van der Waals surface area contributed by atoms with Gasteiger partial charge in [0.15, 0.2) is 0 Å². The Bertz CT molecular complexity index is 404. The van der Waals surface area contributed by atoms with E-state index in [1.807, 2.05) is 13.1 Å². The molecule has 0 unspecified atom stereocenters. The van der Waals surface area contributed by atoms with E-state index in [1.165, 1.54) is 12.3 Å². The first kappa shape index (κ1) is 12.1. The summed E-state index contributed by atoms with van der Waals surface area (Å²) in [5.41, 5.74) is 5.90. The Hall–Kier alpha value is -1.95. The van der Waals surface area contributed by atoms with Gasteiger partial charge in [-0.1, -0.05) is 12.2 Å². The Morgan fingerprint density at radius 3 is 3.06 bits per heavy atom. The summed E-state index contributed by atoms with van der Waals surface area (Å²) in [6.07, 6.45) is 6.08. The molecule has 0 spiro atoms. The minimum Gasteiger partial charge on any atom is -0.378 e. The Morgan fingerprint density at radius 2 is 2.44 bits per heavy atom. The first-order valence-electron chi connectivity index (χ1n) is 4.86. The highest BCUT2D eigenvalue weighted by Crippen LogP contribution is 2.20. The second-order valence-corrected chi connectivity index (χ2v) is 3.22. The van der Waals surface area contributed by atoms with E-state index >= 15 is 0 Å². The number of nitrogen functional groups attached to an aromatic ring is 1. The minimum absolute atomic E-state index is 0.0580. The molecule has 0 aromatic carbocycles. The lowest BCUT2D eigenvalue weighted by Gasteiger charge is -1.97. The van der Waals surface area contributed by atoms with Crippen LogP contribution in [0.5, 0.6) is 0 Å². The second-order valence-electron chi connectivity index (χ2n) is 3.22. The number of hydrogen-bond acceptors (Lipinski definition) is 5. The van der Waals surface area contributed by atoms with Crippen molar-refractivity contribution in [3.63, 3.8) is 0 Å². The molecule has 16 heavy (non-hydrogen) atoms. The van der Waals surface area contributed by atoms with E-state index in [1.54, 1.807) is 6.08 Å². The molecule has 0 aliphatic carbocycles. The van der Waals surface area contributed by atoms with Crippen LogP contribution in [0.4, 0.5) is 11.5 Å². The van der Waals surface area contributed by atoms with Crippen LogP contribution >= 0.6 is 0 Å². The summed E-state index contributed by atoms with van der Waals surface area (Å²) in [7, 11) is 1.86. The first-order chi connectivity index (χ1) is 7.65. The SMILES string of the molecule is CNCC/C=C/c1cnc(N)c([N+](=O)[O-])c1. The standard InChI is InChI=1S/C10H14N4O2/c1-12-5-3-2-4-8-6-9(14(15)16)10(11)13-7-8/h2,4,6-7,12H,3,5H2,1H3,(H2,11,13)/b4-2+. The smallest absolute Gasteiger partial charge is 0.311 e. The quantitative estimate of drug-likeness (QED) is 0.443. The van der Waals surface area contributed by atoms with Crippen molar-refractivity contribution in [1.29, 1.82) is 0 Å². The molecule has 0 atom stereocenters. The van der Waals surface area contributed by atoms with Gasteiger partial charge in [-0.05, 0) is 25.6 Å². The Kier molecular flexibility index (Phi) is 4.41. The predicted molar refractivity (Wildman–Crippen MR) is 62.9 cm³/mol. The monoisotopic (exact) mass is 222 g/mol. The molecule has 0 saturated heterocycles. The molecule has 0 bridgehead atoms. The molecule has 6 nitrogen and oxygen atoms in total. The van der Waals surface area contributed by atoms with E-state index < -0.39 is 4.92 Å². The molecule has 6 heteroatoms. The van der Waals surface area contributed by atoms with E-state index in [9.17, 15) is 10.1 Å². The number of aromatic nitrogens is 1. The third-order valence-corrected chi connectivity index (χ3v) is 1.99. The third kappa shape index (κ3) is 3.32. The molecule has 0 aliphatic rings. The molecule has 0 amide bonds. The van der Waals surface area contributed by atoms with Gasteiger partial charge in [0.2, 0.25) is 5.82 Å². The fraction of sp³-hybridized carbons (Fsp3) is 0.300. The summed E-state index contributed by atoms with van der Waals surface area (Å²) in [4.78, 5) is 13.8. The van der Waals surface area contributed by atoms with Crippen LogP contribution in [0.1, 0.15) is 12.0 Å². The molecule has 86 valence electrons. The van der Waals surface area contributed by atoms with Crippen LogP contribution in [0.25, 0.3) is 6.08 Å². The van der Waals surface area contributed by atoms with Crippen LogP contribution < -0.4 is 11.1 Å². The van der Waals surface area contributed by atoms with E-state index in [4.69, 9.17) is 5.73 Å². The molecule has 0 saturated carbocycles. The summed E-state index contributed by atoms with van der Waals surface area (Å²) in [5, 5.41) is 13.6. The second kappa shape index (κ2) is 5.82. The van der Waals surface area contributed by atoms with Crippen molar-refractivity contribution in [2.45, 2.75) is 6.42 Å². The number of hydrogen-bond donors (Lipinski definition) is 2. The van der Waals surface area contributed by atoms with Crippen LogP contribution in [-0.4, -0.2) is 23.5 Å². The Morgan fingerprint density at radius 1 is 1.69 bits per heavy atom. The van der Waals surface area contributed by atoms with E-state index in [-0.39, 0.29) is 11.5 Å². The summed E-state index contributed by atoms with van der Waals surface area (Å²) in [5.74, 6) is -0.0580. The van der Waals surface area contributed by atoms with Gasteiger partial charge in [-0.25, -0.2) is 4.98 Å². The van der Waals surface area contributed by atoms with Gasteiger partial charge in [-0.15, -0.1) is 0 Å². The molecule has 1 aromatic rings. The van der Waals surface area contributed by atoms with Gasteiger partial charge in [-0.2, -0.15) is 0 Å². The molecule has 1 heterocycles. The van der Waals surface area contributed by atoms with Crippen LogP contribution in [0.3, 0.4) is 0 Å².